The fraction of sp³-hybridized carbons (Fsp3) is 0.375. The standard InChI is InChI=1S/C64H60/c1-5-13-41-33-45(21-17-37(41)9-1)57-53-29-25-49-51-27-31-55-59(47-23-19-39-11-3-7-15-43(39)35-47)60(48-24-20-40-12-4-8-16-44(40)36-48)56-32-28-52(62(51)64(55)56)50-26-30-54(63(53)61(49)50)58(57)46-22-18-38-10-2-6-14-42(38)34-46/h1-24,33-36,49-64H,25-32H2. The normalized spacial score (nSPS) is 36.9. The van der Waals surface area contributed by atoms with Crippen molar-refractivity contribution in [2.45, 2.75) is 75.0 Å². The lowest BCUT2D eigenvalue weighted by atomic mass is 9.40. The van der Waals surface area contributed by atoms with Crippen LogP contribution in [-0.4, -0.2) is 0 Å². The van der Waals surface area contributed by atoms with Gasteiger partial charge in [0.05, 0.1) is 0 Å². The van der Waals surface area contributed by atoms with Gasteiger partial charge < -0.3 is 0 Å². The molecule has 7 aliphatic carbocycles. The topological polar surface area (TPSA) is 0 Å². The molecule has 0 heteroatoms. The van der Waals surface area contributed by atoms with Crippen molar-refractivity contribution in [1.29, 1.82) is 0 Å². The maximum absolute atomic E-state index is 2.63. The molecule has 8 aromatic rings. The molecule has 0 bridgehead atoms. The summed E-state index contributed by atoms with van der Waals surface area (Å²) in [5, 5.41) is 11.2. The van der Waals surface area contributed by atoms with Crippen molar-refractivity contribution >= 4 is 43.1 Å². The predicted octanol–water partition coefficient (Wildman–Crippen LogP) is 16.3. The summed E-state index contributed by atoms with van der Waals surface area (Å²) in [5.74, 6) is 12.8. The molecule has 0 radical (unpaired) electrons. The van der Waals surface area contributed by atoms with E-state index in [0.717, 1.165) is 71.0 Å². The van der Waals surface area contributed by atoms with E-state index in [9.17, 15) is 0 Å². The molecule has 0 saturated heterocycles. The maximum atomic E-state index is 2.63. The second-order valence-electron chi connectivity index (χ2n) is 22.5. The molecule has 7 aliphatic rings. The van der Waals surface area contributed by atoms with E-state index in [0.29, 0.717) is 23.7 Å². The van der Waals surface area contributed by atoms with Crippen molar-refractivity contribution in [3.8, 4) is 0 Å². The van der Waals surface area contributed by atoms with Gasteiger partial charge in [-0.1, -0.05) is 170 Å². The molecule has 0 aromatic heterocycles. The van der Waals surface area contributed by atoms with E-state index in [-0.39, 0.29) is 0 Å². The minimum Gasteiger partial charge on any atom is -0.0616 e. The molecule has 0 spiro atoms. The predicted molar refractivity (Wildman–Crippen MR) is 266 cm³/mol. The monoisotopic (exact) mass is 828 g/mol. The molecule has 0 nitrogen and oxygen atoms in total. The van der Waals surface area contributed by atoms with Crippen LogP contribution in [0.15, 0.2) is 170 Å². The summed E-state index contributed by atoms with van der Waals surface area (Å²) in [5.41, 5.74) is 6.52. The van der Waals surface area contributed by atoms with E-state index in [1.807, 2.05) is 0 Å². The van der Waals surface area contributed by atoms with Gasteiger partial charge in [-0.25, -0.2) is 0 Å². The first kappa shape index (κ1) is 37.1. The van der Waals surface area contributed by atoms with E-state index in [1.165, 1.54) is 94.5 Å². The molecule has 7 saturated carbocycles. The van der Waals surface area contributed by atoms with Crippen LogP contribution in [0.2, 0.25) is 0 Å². The van der Waals surface area contributed by atoms with E-state index >= 15 is 0 Å². The Morgan fingerprint density at radius 2 is 0.406 bits per heavy atom. The Balaban J connectivity index is 0.832. The van der Waals surface area contributed by atoms with Gasteiger partial charge in [0.15, 0.2) is 0 Å². The lowest BCUT2D eigenvalue weighted by molar-refractivity contribution is -0.168. The molecule has 12 atom stereocenters. The zero-order chi connectivity index (χ0) is 41.6. The van der Waals surface area contributed by atoms with Crippen LogP contribution in [0, 0.1) is 71.0 Å². The van der Waals surface area contributed by atoms with Gasteiger partial charge in [0, 0.05) is 0 Å². The van der Waals surface area contributed by atoms with Gasteiger partial charge in [0.25, 0.3) is 0 Å². The Bertz CT molecular complexity index is 2700. The molecule has 0 amide bonds. The minimum absolute atomic E-state index is 0.602. The fourth-order valence-electron chi connectivity index (χ4n) is 18.9. The first-order valence-electron chi connectivity index (χ1n) is 25.7. The molecule has 0 N–H and O–H groups in total. The summed E-state index contributed by atoms with van der Waals surface area (Å²) in [7, 11) is 0. The van der Waals surface area contributed by atoms with Crippen molar-refractivity contribution in [3.05, 3.63) is 192 Å². The number of benzene rings is 8. The van der Waals surface area contributed by atoms with Crippen molar-refractivity contribution in [1.82, 2.24) is 0 Å². The van der Waals surface area contributed by atoms with Gasteiger partial charge in [-0.3, -0.25) is 0 Å². The van der Waals surface area contributed by atoms with Crippen molar-refractivity contribution < 1.29 is 0 Å². The summed E-state index contributed by atoms with van der Waals surface area (Å²) in [6.45, 7) is 0. The molecule has 7 fully saturated rings. The van der Waals surface area contributed by atoms with Crippen molar-refractivity contribution in [2.24, 2.45) is 71.0 Å². The third-order valence-electron chi connectivity index (χ3n) is 20.5. The second-order valence-corrected chi connectivity index (χ2v) is 22.5. The van der Waals surface area contributed by atoms with Crippen LogP contribution >= 0.6 is 0 Å². The molecule has 64 heavy (non-hydrogen) atoms. The van der Waals surface area contributed by atoms with Crippen molar-refractivity contribution in [3.63, 3.8) is 0 Å². The zero-order valence-corrected chi connectivity index (χ0v) is 37.1. The largest absolute Gasteiger partial charge is 0.0616 e. The van der Waals surface area contributed by atoms with E-state index < -0.39 is 0 Å². The van der Waals surface area contributed by atoms with Gasteiger partial charge in [0.2, 0.25) is 0 Å². The van der Waals surface area contributed by atoms with Gasteiger partial charge in [-0.15, -0.1) is 0 Å². The highest BCUT2D eigenvalue weighted by molar-refractivity contribution is 5.86. The zero-order valence-electron chi connectivity index (χ0n) is 37.1. The summed E-state index contributed by atoms with van der Waals surface area (Å²) in [6.07, 6.45) is 11.6. The first-order chi connectivity index (χ1) is 31.7. The molecular weight excluding hydrogens is 769 g/mol. The lowest BCUT2D eigenvalue weighted by Gasteiger charge is -2.65. The van der Waals surface area contributed by atoms with Gasteiger partial charge >= 0.3 is 0 Å². The van der Waals surface area contributed by atoms with Crippen LogP contribution in [-0.2, 0) is 0 Å². The Hall–Kier alpha value is -5.20. The maximum Gasteiger partial charge on any atom is -0.00589 e. The van der Waals surface area contributed by atoms with Crippen LogP contribution in [0.3, 0.4) is 0 Å². The minimum atomic E-state index is 0.602. The quantitative estimate of drug-likeness (QED) is 0.166. The summed E-state index contributed by atoms with van der Waals surface area (Å²) < 4.78 is 0. The molecular formula is C64H60. The second kappa shape index (κ2) is 14.1. The van der Waals surface area contributed by atoms with E-state index in [2.05, 4.69) is 170 Å². The van der Waals surface area contributed by atoms with Gasteiger partial charge in [-0.2, -0.15) is 0 Å². The smallest absolute Gasteiger partial charge is 0.00589 e. The molecule has 316 valence electrons. The number of fused-ring (bicyclic) bond motifs is 6. The highest BCUT2D eigenvalue weighted by Gasteiger charge is 2.69. The van der Waals surface area contributed by atoms with E-state index in [1.54, 1.807) is 22.3 Å². The molecule has 15 rings (SSSR count). The van der Waals surface area contributed by atoms with Gasteiger partial charge in [0.1, 0.15) is 0 Å². The molecule has 0 aliphatic heterocycles. The summed E-state index contributed by atoms with van der Waals surface area (Å²) in [4.78, 5) is 0. The average molecular weight is 829 g/mol. The molecule has 12 unspecified atom stereocenters. The van der Waals surface area contributed by atoms with Crippen LogP contribution in [0.5, 0.6) is 0 Å². The Kier molecular flexibility index (Phi) is 8.19. The van der Waals surface area contributed by atoms with Crippen LogP contribution in [0.4, 0.5) is 0 Å². The van der Waals surface area contributed by atoms with Crippen molar-refractivity contribution in [2.75, 3.05) is 0 Å². The van der Waals surface area contributed by atoms with Gasteiger partial charge in [-0.05, 0) is 211 Å². The Labute approximate surface area is 379 Å². The van der Waals surface area contributed by atoms with Crippen LogP contribution in [0.1, 0.15) is 97.3 Å². The third kappa shape index (κ3) is 5.29. The first-order valence-corrected chi connectivity index (χ1v) is 25.7. The summed E-state index contributed by atoms with van der Waals surface area (Å²) >= 11 is 0. The summed E-state index contributed by atoms with van der Waals surface area (Å²) in [6, 6.07) is 67.2. The number of hydrogen-bond acceptors (Lipinski definition) is 0. The highest BCUT2D eigenvalue weighted by Crippen LogP contribution is 2.76. The van der Waals surface area contributed by atoms with E-state index in [4.69, 9.17) is 0 Å². The third-order valence-corrected chi connectivity index (χ3v) is 20.5. The average Bonchev–Trinajstić information content (AvgIpc) is 3.89. The number of hydrogen-bond donors (Lipinski definition) is 0. The fourth-order valence-corrected chi connectivity index (χ4v) is 18.9. The Morgan fingerprint density at radius 1 is 0.203 bits per heavy atom. The number of rotatable bonds is 4. The SMILES string of the molecule is c1ccc2cc(C3C4CCC5C6CCC7C(c8ccc9ccccc9c8)C(c8ccc9ccccc9c8)C8CCC(C9CCC(C3c3ccc%10ccccc%10c3)C4C59)C6C78)ccc2c1. The highest BCUT2D eigenvalue weighted by atomic mass is 14.7. The van der Waals surface area contributed by atoms with Crippen LogP contribution < -0.4 is 0 Å². The molecule has 0 heterocycles. The Morgan fingerprint density at radius 3 is 0.656 bits per heavy atom. The lowest BCUT2D eigenvalue weighted by Crippen LogP contribution is -2.59. The molecule has 8 aromatic carbocycles. The van der Waals surface area contributed by atoms with Crippen LogP contribution in [0.25, 0.3) is 43.1 Å².